The Morgan fingerprint density at radius 2 is 1.72 bits per heavy atom. The van der Waals surface area contributed by atoms with Crippen molar-refractivity contribution in [3.8, 4) is 0 Å². The summed E-state index contributed by atoms with van der Waals surface area (Å²) in [5.41, 5.74) is 2.48. The third kappa shape index (κ3) is 3.93. The summed E-state index contributed by atoms with van der Waals surface area (Å²) in [6, 6.07) is 12.9. The molecule has 1 heterocycles. The second-order valence-electron chi connectivity index (χ2n) is 7.98. The number of para-hydroxylation sites is 1. The first kappa shape index (κ1) is 21.5. The number of allylic oxidation sites excluding steroid dienone is 2. The second kappa shape index (κ2) is 8.78. The Morgan fingerprint density at radius 3 is 2.44 bits per heavy atom. The van der Waals surface area contributed by atoms with Crippen molar-refractivity contribution in [1.29, 1.82) is 0 Å². The lowest BCUT2D eigenvalue weighted by Gasteiger charge is -2.19. The van der Waals surface area contributed by atoms with Crippen molar-refractivity contribution in [1.82, 2.24) is 0 Å². The van der Waals surface area contributed by atoms with Crippen LogP contribution in [0, 0.1) is 11.8 Å². The summed E-state index contributed by atoms with van der Waals surface area (Å²) < 4.78 is 4.96. The number of rotatable bonds is 5. The van der Waals surface area contributed by atoms with Crippen molar-refractivity contribution >= 4 is 35.1 Å². The molecule has 1 aliphatic carbocycles. The van der Waals surface area contributed by atoms with Crippen molar-refractivity contribution in [2.24, 2.45) is 11.8 Å². The molecule has 2 aromatic carbocycles. The van der Waals surface area contributed by atoms with E-state index >= 15 is 0 Å². The molecule has 0 aromatic heterocycles. The average Bonchev–Trinajstić information content (AvgIpc) is 3.03. The molecule has 164 valence electrons. The van der Waals surface area contributed by atoms with Crippen LogP contribution < -0.4 is 10.2 Å². The normalized spacial score (nSPS) is 19.9. The van der Waals surface area contributed by atoms with Gasteiger partial charge < -0.3 is 10.1 Å². The number of hydrogen-bond donors (Lipinski definition) is 1. The Bertz CT molecular complexity index is 1120. The molecule has 3 amide bonds. The van der Waals surface area contributed by atoms with Crippen LogP contribution >= 0.6 is 0 Å². The molecule has 1 saturated heterocycles. The summed E-state index contributed by atoms with van der Waals surface area (Å²) in [7, 11) is 0. The van der Waals surface area contributed by atoms with Gasteiger partial charge in [0.25, 0.3) is 5.91 Å². The van der Waals surface area contributed by atoms with Crippen molar-refractivity contribution in [2.75, 3.05) is 16.8 Å². The van der Waals surface area contributed by atoms with E-state index in [9.17, 15) is 19.2 Å². The number of benzene rings is 2. The van der Waals surface area contributed by atoms with E-state index in [0.717, 1.165) is 5.57 Å². The molecule has 2 atom stereocenters. The van der Waals surface area contributed by atoms with Crippen LogP contribution in [0.15, 0.2) is 60.2 Å². The van der Waals surface area contributed by atoms with E-state index in [1.165, 1.54) is 4.90 Å². The minimum atomic E-state index is -0.450. The maximum atomic E-state index is 13.1. The van der Waals surface area contributed by atoms with Crippen LogP contribution in [-0.2, 0) is 14.3 Å². The number of fused-ring (bicyclic) bond motifs is 1. The van der Waals surface area contributed by atoms with Crippen LogP contribution in [0.5, 0.6) is 0 Å². The Labute approximate surface area is 186 Å². The average molecular weight is 432 g/mol. The molecule has 1 N–H and O–H groups in total. The highest BCUT2D eigenvalue weighted by molar-refractivity contribution is 6.25. The number of nitrogens with zero attached hydrogens (tertiary/aromatic N) is 1. The predicted octanol–water partition coefficient (Wildman–Crippen LogP) is 3.96. The van der Waals surface area contributed by atoms with E-state index < -0.39 is 11.9 Å². The van der Waals surface area contributed by atoms with Gasteiger partial charge in [0.15, 0.2) is 0 Å². The summed E-state index contributed by atoms with van der Waals surface area (Å²) in [6.45, 7) is 3.97. The number of hydrogen-bond acceptors (Lipinski definition) is 5. The second-order valence-corrected chi connectivity index (χ2v) is 7.98. The lowest BCUT2D eigenvalue weighted by molar-refractivity contribution is -0.122. The van der Waals surface area contributed by atoms with E-state index in [4.69, 9.17) is 4.74 Å². The molecule has 2 aromatic rings. The fraction of sp³-hybridized carbons (Fsp3) is 0.280. The molecule has 1 fully saturated rings. The molecule has 0 spiro atoms. The van der Waals surface area contributed by atoms with Gasteiger partial charge in [-0.1, -0.05) is 23.8 Å². The highest BCUT2D eigenvalue weighted by atomic mass is 16.5. The van der Waals surface area contributed by atoms with Gasteiger partial charge in [-0.05, 0) is 63.1 Å². The quantitative estimate of drug-likeness (QED) is 0.439. The van der Waals surface area contributed by atoms with E-state index in [1.54, 1.807) is 55.5 Å². The van der Waals surface area contributed by atoms with Gasteiger partial charge in [-0.15, -0.1) is 0 Å². The Balaban J connectivity index is 1.56. The number of ether oxygens (including phenoxy) is 1. The minimum Gasteiger partial charge on any atom is -0.462 e. The van der Waals surface area contributed by atoms with Crippen LogP contribution in [-0.4, -0.2) is 30.3 Å². The van der Waals surface area contributed by atoms with Crippen LogP contribution in [0.4, 0.5) is 11.4 Å². The van der Waals surface area contributed by atoms with Crippen LogP contribution in [0.1, 0.15) is 47.4 Å². The Hall–Kier alpha value is -3.74. The van der Waals surface area contributed by atoms with E-state index in [1.807, 2.05) is 13.0 Å². The zero-order valence-corrected chi connectivity index (χ0v) is 18.0. The number of amides is 3. The molecular weight excluding hydrogens is 408 g/mol. The van der Waals surface area contributed by atoms with E-state index in [-0.39, 0.29) is 41.5 Å². The number of esters is 1. The zero-order valence-electron chi connectivity index (χ0n) is 18.0. The molecule has 7 nitrogen and oxygen atoms in total. The molecule has 4 rings (SSSR count). The molecule has 2 aliphatic rings. The van der Waals surface area contributed by atoms with Crippen LogP contribution in [0.3, 0.4) is 0 Å². The Morgan fingerprint density at radius 1 is 1.03 bits per heavy atom. The molecule has 7 heteroatoms. The monoisotopic (exact) mass is 432 g/mol. The predicted molar refractivity (Wildman–Crippen MR) is 119 cm³/mol. The summed E-state index contributed by atoms with van der Waals surface area (Å²) in [6.07, 6.45) is 3.11. The molecule has 0 saturated carbocycles. The molecule has 0 unspecified atom stereocenters. The first-order valence-corrected chi connectivity index (χ1v) is 10.6. The van der Waals surface area contributed by atoms with Crippen LogP contribution in [0.2, 0.25) is 0 Å². The summed E-state index contributed by atoms with van der Waals surface area (Å²) in [5.74, 6) is -2.16. The van der Waals surface area contributed by atoms with E-state index in [2.05, 4.69) is 5.32 Å². The maximum Gasteiger partial charge on any atom is 0.338 e. The van der Waals surface area contributed by atoms with Gasteiger partial charge in [-0.3, -0.25) is 14.4 Å². The van der Waals surface area contributed by atoms with Crippen LogP contribution in [0.25, 0.3) is 0 Å². The number of carbonyl (C=O) groups is 4. The first-order valence-electron chi connectivity index (χ1n) is 10.6. The lowest BCUT2D eigenvalue weighted by Crippen LogP contribution is -2.33. The number of carbonyl (C=O) groups excluding carboxylic acids is 4. The van der Waals surface area contributed by atoms with Gasteiger partial charge in [0.1, 0.15) is 0 Å². The highest BCUT2D eigenvalue weighted by Gasteiger charge is 2.49. The van der Waals surface area contributed by atoms with Crippen molar-refractivity contribution < 1.29 is 23.9 Å². The van der Waals surface area contributed by atoms with Gasteiger partial charge in [0, 0.05) is 5.69 Å². The Kier molecular flexibility index (Phi) is 5.90. The van der Waals surface area contributed by atoms with Gasteiger partial charge in [0.05, 0.1) is 35.3 Å². The topological polar surface area (TPSA) is 92.8 Å². The SMILES string of the molecule is CCOC(=O)c1ccc(NC(=O)c2ccccc2N2C(=O)[C@H]3CC=C(C)C[C@H]3C2=O)cc1. The summed E-state index contributed by atoms with van der Waals surface area (Å²) in [5, 5.41) is 2.77. The molecular formula is C25H24N2O5. The largest absolute Gasteiger partial charge is 0.462 e. The zero-order chi connectivity index (χ0) is 22.8. The molecule has 32 heavy (non-hydrogen) atoms. The standard InChI is InChI=1S/C25H24N2O5/c1-3-32-25(31)16-9-11-17(12-10-16)26-22(28)19-6-4-5-7-21(19)27-23(29)18-13-8-15(2)14-20(18)24(27)30/h4-12,18,20H,3,13-14H2,1-2H3,(H,26,28)/t18-,20+/m0/s1. The summed E-state index contributed by atoms with van der Waals surface area (Å²) in [4.78, 5) is 52.1. The van der Waals surface area contributed by atoms with E-state index in [0.29, 0.717) is 24.1 Å². The van der Waals surface area contributed by atoms with Crippen molar-refractivity contribution in [3.05, 3.63) is 71.3 Å². The number of imide groups is 1. The molecule has 1 aliphatic heterocycles. The third-order valence-electron chi connectivity index (χ3n) is 5.87. The smallest absolute Gasteiger partial charge is 0.338 e. The fourth-order valence-corrected chi connectivity index (χ4v) is 4.24. The summed E-state index contributed by atoms with van der Waals surface area (Å²) >= 11 is 0. The molecule has 0 radical (unpaired) electrons. The lowest BCUT2D eigenvalue weighted by atomic mass is 9.82. The fourth-order valence-electron chi connectivity index (χ4n) is 4.24. The van der Waals surface area contributed by atoms with Crippen molar-refractivity contribution in [2.45, 2.75) is 26.7 Å². The third-order valence-corrected chi connectivity index (χ3v) is 5.87. The maximum absolute atomic E-state index is 13.1. The van der Waals surface area contributed by atoms with Gasteiger partial charge in [-0.2, -0.15) is 0 Å². The highest BCUT2D eigenvalue weighted by Crippen LogP contribution is 2.40. The first-order chi connectivity index (χ1) is 15.4. The van der Waals surface area contributed by atoms with Gasteiger partial charge in [-0.25, -0.2) is 9.69 Å². The number of nitrogens with one attached hydrogen (secondary N) is 1. The minimum absolute atomic E-state index is 0.229. The van der Waals surface area contributed by atoms with Gasteiger partial charge >= 0.3 is 5.97 Å². The number of anilines is 2. The van der Waals surface area contributed by atoms with Crippen molar-refractivity contribution in [3.63, 3.8) is 0 Å². The van der Waals surface area contributed by atoms with Gasteiger partial charge in [0.2, 0.25) is 11.8 Å². The molecule has 0 bridgehead atoms.